The Hall–Kier alpha value is -2.83. The molecule has 0 saturated heterocycles. The molecule has 0 fully saturated rings. The van der Waals surface area contributed by atoms with E-state index in [9.17, 15) is 19.5 Å². The number of carboxylic acids is 1. The van der Waals surface area contributed by atoms with Crippen LogP contribution in [0.25, 0.3) is 11.0 Å². The van der Waals surface area contributed by atoms with E-state index in [0.29, 0.717) is 10.9 Å². The van der Waals surface area contributed by atoms with E-state index < -0.39 is 17.5 Å². The van der Waals surface area contributed by atoms with Crippen molar-refractivity contribution in [3.8, 4) is 5.75 Å². The number of phenols is 1. The number of carboxylic acid groups (broad SMARTS) is 1. The van der Waals surface area contributed by atoms with Crippen LogP contribution in [0.1, 0.15) is 17.5 Å². The van der Waals surface area contributed by atoms with Gasteiger partial charge in [0.05, 0.1) is 18.4 Å². The summed E-state index contributed by atoms with van der Waals surface area (Å²) < 4.78 is 5.11. The fraction of sp³-hybridized carbons (Fsp3) is 0.267. The minimum Gasteiger partial charge on any atom is -0.508 e. The van der Waals surface area contributed by atoms with Crippen molar-refractivity contribution in [1.29, 1.82) is 0 Å². The molecule has 0 spiro atoms. The third kappa shape index (κ3) is 3.43. The minimum absolute atomic E-state index is 0.00000128. The third-order valence-electron chi connectivity index (χ3n) is 3.27. The Morgan fingerprint density at radius 3 is 2.73 bits per heavy atom. The molecule has 2 aromatic rings. The van der Waals surface area contributed by atoms with Crippen molar-refractivity contribution in [1.82, 2.24) is 5.32 Å². The number of rotatable bonds is 5. The van der Waals surface area contributed by atoms with Gasteiger partial charge >= 0.3 is 11.6 Å². The monoisotopic (exact) mass is 305 g/mol. The van der Waals surface area contributed by atoms with E-state index in [1.165, 1.54) is 12.1 Å². The number of benzene rings is 1. The Kier molecular flexibility index (Phi) is 4.45. The van der Waals surface area contributed by atoms with E-state index in [0.717, 1.165) is 0 Å². The van der Waals surface area contributed by atoms with Crippen molar-refractivity contribution < 1.29 is 24.2 Å². The van der Waals surface area contributed by atoms with Gasteiger partial charge in [-0.3, -0.25) is 9.59 Å². The number of aromatic hydroxyl groups is 1. The number of amides is 1. The largest absolute Gasteiger partial charge is 0.508 e. The zero-order valence-corrected chi connectivity index (χ0v) is 11.9. The molecule has 22 heavy (non-hydrogen) atoms. The van der Waals surface area contributed by atoms with Crippen LogP contribution >= 0.6 is 0 Å². The Labute approximate surface area is 125 Å². The van der Waals surface area contributed by atoms with E-state index >= 15 is 0 Å². The number of carbonyl (C=O) groups is 2. The molecule has 116 valence electrons. The lowest BCUT2D eigenvalue weighted by atomic mass is 10.0. The van der Waals surface area contributed by atoms with Crippen molar-refractivity contribution in [2.24, 2.45) is 0 Å². The molecule has 0 saturated carbocycles. The van der Waals surface area contributed by atoms with E-state index in [1.54, 1.807) is 13.0 Å². The number of hydrogen-bond donors (Lipinski definition) is 3. The van der Waals surface area contributed by atoms with Gasteiger partial charge < -0.3 is 19.9 Å². The maximum absolute atomic E-state index is 12.0. The van der Waals surface area contributed by atoms with E-state index in [4.69, 9.17) is 9.52 Å². The minimum atomic E-state index is -1.01. The van der Waals surface area contributed by atoms with Gasteiger partial charge in [-0.05, 0) is 24.6 Å². The summed E-state index contributed by atoms with van der Waals surface area (Å²) in [6.45, 7) is 1.69. The molecular weight excluding hydrogens is 290 g/mol. The molecule has 0 unspecified atom stereocenters. The Balaban J connectivity index is 2.24. The van der Waals surface area contributed by atoms with Gasteiger partial charge in [0, 0.05) is 18.0 Å². The first kappa shape index (κ1) is 15.6. The summed E-state index contributed by atoms with van der Waals surface area (Å²) in [4.78, 5) is 34.1. The molecule has 1 aromatic heterocycles. The molecule has 1 heterocycles. The summed E-state index contributed by atoms with van der Waals surface area (Å²) in [7, 11) is 0. The number of phenolic OH excluding ortho intramolecular Hbond substituents is 1. The summed E-state index contributed by atoms with van der Waals surface area (Å²) in [5.41, 5.74) is 0.409. The van der Waals surface area contributed by atoms with Crippen molar-refractivity contribution in [3.05, 3.63) is 39.7 Å². The lowest BCUT2D eigenvalue weighted by molar-refractivity contribution is -0.136. The average Bonchev–Trinajstić information content (AvgIpc) is 2.42. The molecule has 0 aliphatic rings. The molecule has 0 atom stereocenters. The topological polar surface area (TPSA) is 117 Å². The van der Waals surface area contributed by atoms with Crippen molar-refractivity contribution in [2.75, 3.05) is 6.54 Å². The molecular formula is C15H15NO6. The quantitative estimate of drug-likeness (QED) is 0.708. The van der Waals surface area contributed by atoms with Crippen LogP contribution in [0.3, 0.4) is 0 Å². The van der Waals surface area contributed by atoms with Crippen molar-refractivity contribution in [2.45, 2.75) is 19.8 Å². The highest BCUT2D eigenvalue weighted by Gasteiger charge is 2.15. The number of aryl methyl sites for hydroxylation is 1. The molecule has 2 rings (SSSR count). The molecule has 7 heteroatoms. The standard InChI is InChI=1S/C15H15NO6/c1-8-10-3-2-9(17)6-12(10)22-15(21)11(8)7-13(18)16-5-4-14(19)20/h2-3,6,17H,4-5,7H2,1H3,(H,16,18)(H,19,20). The third-order valence-corrected chi connectivity index (χ3v) is 3.27. The van der Waals surface area contributed by atoms with E-state index in [2.05, 4.69) is 5.32 Å². The van der Waals surface area contributed by atoms with Crippen LogP contribution in [0, 0.1) is 6.92 Å². The first-order valence-corrected chi connectivity index (χ1v) is 6.62. The fourth-order valence-electron chi connectivity index (χ4n) is 2.12. The van der Waals surface area contributed by atoms with Crippen LogP contribution in [0.2, 0.25) is 0 Å². The number of nitrogens with one attached hydrogen (secondary N) is 1. The lowest BCUT2D eigenvalue weighted by Crippen LogP contribution is -2.29. The Morgan fingerprint density at radius 2 is 2.05 bits per heavy atom. The highest BCUT2D eigenvalue weighted by Crippen LogP contribution is 2.23. The summed E-state index contributed by atoms with van der Waals surface area (Å²) in [5, 5.41) is 21.0. The zero-order chi connectivity index (χ0) is 16.3. The number of fused-ring (bicyclic) bond motifs is 1. The zero-order valence-electron chi connectivity index (χ0n) is 11.9. The van der Waals surface area contributed by atoms with Crippen LogP contribution in [0.15, 0.2) is 27.4 Å². The smallest absolute Gasteiger partial charge is 0.340 e. The van der Waals surface area contributed by atoms with Gasteiger partial charge in [-0.25, -0.2) is 4.79 Å². The maximum atomic E-state index is 12.0. The van der Waals surface area contributed by atoms with Gasteiger partial charge in [-0.15, -0.1) is 0 Å². The first-order chi connectivity index (χ1) is 10.4. The number of hydrogen-bond acceptors (Lipinski definition) is 5. The summed E-state index contributed by atoms with van der Waals surface area (Å²) in [5.74, 6) is -1.48. The lowest BCUT2D eigenvalue weighted by Gasteiger charge is -2.08. The normalized spacial score (nSPS) is 10.6. The van der Waals surface area contributed by atoms with Gasteiger partial charge in [0.25, 0.3) is 0 Å². The van der Waals surface area contributed by atoms with Gasteiger partial charge in [0.15, 0.2) is 0 Å². The van der Waals surface area contributed by atoms with Crippen molar-refractivity contribution in [3.63, 3.8) is 0 Å². The van der Waals surface area contributed by atoms with Gasteiger partial charge in [-0.2, -0.15) is 0 Å². The molecule has 0 aliphatic heterocycles. The van der Waals surface area contributed by atoms with Crippen LogP contribution in [-0.4, -0.2) is 28.6 Å². The van der Waals surface area contributed by atoms with Gasteiger partial charge in [-0.1, -0.05) is 0 Å². The molecule has 0 radical (unpaired) electrons. The van der Waals surface area contributed by atoms with E-state index in [-0.39, 0.29) is 36.3 Å². The molecule has 7 nitrogen and oxygen atoms in total. The number of aliphatic carboxylic acids is 1. The summed E-state index contributed by atoms with van der Waals surface area (Å²) in [6, 6.07) is 4.40. The second-order valence-electron chi connectivity index (χ2n) is 4.84. The van der Waals surface area contributed by atoms with Crippen LogP contribution in [0.5, 0.6) is 5.75 Å². The van der Waals surface area contributed by atoms with Crippen molar-refractivity contribution >= 4 is 22.8 Å². The Bertz CT molecular complexity index is 792. The predicted octanol–water partition coefficient (Wildman–Crippen LogP) is 0.940. The van der Waals surface area contributed by atoms with Crippen LogP contribution in [0.4, 0.5) is 0 Å². The number of carbonyl (C=O) groups excluding carboxylic acids is 1. The highest BCUT2D eigenvalue weighted by atomic mass is 16.4. The summed E-state index contributed by atoms with van der Waals surface area (Å²) >= 11 is 0. The average molecular weight is 305 g/mol. The summed E-state index contributed by atoms with van der Waals surface area (Å²) in [6.07, 6.45) is -0.374. The molecule has 0 bridgehead atoms. The molecule has 0 aliphatic carbocycles. The first-order valence-electron chi connectivity index (χ1n) is 6.62. The van der Waals surface area contributed by atoms with Gasteiger partial charge in [0.1, 0.15) is 11.3 Å². The second kappa shape index (κ2) is 6.30. The second-order valence-corrected chi connectivity index (χ2v) is 4.84. The maximum Gasteiger partial charge on any atom is 0.340 e. The van der Waals surface area contributed by atoms with Gasteiger partial charge in [0.2, 0.25) is 5.91 Å². The highest BCUT2D eigenvalue weighted by molar-refractivity contribution is 5.85. The van der Waals surface area contributed by atoms with Crippen LogP contribution < -0.4 is 10.9 Å². The fourth-order valence-corrected chi connectivity index (χ4v) is 2.12. The predicted molar refractivity (Wildman–Crippen MR) is 77.9 cm³/mol. The molecule has 3 N–H and O–H groups in total. The van der Waals surface area contributed by atoms with E-state index in [1.807, 2.05) is 0 Å². The molecule has 1 amide bonds. The molecule has 1 aromatic carbocycles. The Morgan fingerprint density at radius 1 is 1.32 bits per heavy atom. The SMILES string of the molecule is Cc1c(CC(=O)NCCC(=O)O)c(=O)oc2cc(O)ccc12. The van der Waals surface area contributed by atoms with Crippen LogP contribution in [-0.2, 0) is 16.0 Å².